The second kappa shape index (κ2) is 8.73. The van der Waals surface area contributed by atoms with Gasteiger partial charge in [-0.05, 0) is 37.5 Å². The maximum Gasteiger partial charge on any atom is 0.287 e. The van der Waals surface area contributed by atoms with E-state index in [1.54, 1.807) is 6.07 Å². The number of hydrogen-bond donors (Lipinski definition) is 2. The molecule has 1 aromatic carbocycles. The van der Waals surface area contributed by atoms with Gasteiger partial charge in [0.05, 0.1) is 16.8 Å². The van der Waals surface area contributed by atoms with Crippen LogP contribution in [0.1, 0.15) is 44.9 Å². The average Bonchev–Trinajstić information content (AvgIpc) is 3.18. The van der Waals surface area contributed by atoms with Crippen LogP contribution in [0.2, 0.25) is 10.2 Å². The van der Waals surface area contributed by atoms with Crippen LogP contribution < -0.4 is 10.6 Å². The summed E-state index contributed by atoms with van der Waals surface area (Å²) < 4.78 is 5.28. The highest BCUT2D eigenvalue weighted by molar-refractivity contribution is 6.43. The molecule has 0 atom stereocenters. The number of amides is 2. The van der Waals surface area contributed by atoms with Crippen molar-refractivity contribution in [2.75, 3.05) is 6.54 Å². The predicted molar refractivity (Wildman–Crippen MR) is 119 cm³/mol. The maximum absolute atomic E-state index is 12.7. The minimum atomic E-state index is -0.316. The van der Waals surface area contributed by atoms with Gasteiger partial charge in [0.15, 0.2) is 5.76 Å². The number of rotatable bonds is 6. The molecule has 2 aromatic heterocycles. The zero-order valence-electron chi connectivity index (χ0n) is 16.8. The molecule has 2 amide bonds. The molecule has 0 aliphatic heterocycles. The summed E-state index contributed by atoms with van der Waals surface area (Å²) in [6.45, 7) is 2.23. The van der Waals surface area contributed by atoms with Crippen molar-refractivity contribution in [2.45, 2.75) is 31.2 Å². The molecule has 160 valence electrons. The van der Waals surface area contributed by atoms with Crippen LogP contribution in [0.25, 0.3) is 0 Å². The van der Waals surface area contributed by atoms with E-state index < -0.39 is 0 Å². The molecule has 31 heavy (non-hydrogen) atoms. The van der Waals surface area contributed by atoms with Gasteiger partial charge in [0.1, 0.15) is 5.15 Å². The highest BCUT2D eigenvalue weighted by Gasteiger charge is 2.46. The molecule has 1 saturated carbocycles. The molecule has 0 radical (unpaired) electrons. The lowest BCUT2D eigenvalue weighted by molar-refractivity contribution is 0.0803. The molecule has 8 heteroatoms. The highest BCUT2D eigenvalue weighted by Crippen LogP contribution is 2.43. The van der Waals surface area contributed by atoms with Gasteiger partial charge in [0, 0.05) is 29.8 Å². The second-order valence-corrected chi connectivity index (χ2v) is 8.54. The normalized spacial score (nSPS) is 20.0. The first-order valence-electron chi connectivity index (χ1n) is 9.88. The Morgan fingerprint density at radius 2 is 1.87 bits per heavy atom. The number of aromatic nitrogens is 1. The minimum absolute atomic E-state index is 0.0203. The van der Waals surface area contributed by atoms with Gasteiger partial charge in [0.25, 0.3) is 11.8 Å². The quantitative estimate of drug-likeness (QED) is 0.531. The van der Waals surface area contributed by atoms with Crippen molar-refractivity contribution in [3.05, 3.63) is 87.6 Å². The fourth-order valence-corrected chi connectivity index (χ4v) is 4.41. The Morgan fingerprint density at radius 3 is 2.55 bits per heavy atom. The van der Waals surface area contributed by atoms with E-state index in [-0.39, 0.29) is 39.0 Å². The van der Waals surface area contributed by atoms with E-state index in [1.807, 2.05) is 37.3 Å². The molecule has 2 heterocycles. The van der Waals surface area contributed by atoms with Crippen molar-refractivity contribution in [3.8, 4) is 0 Å². The summed E-state index contributed by atoms with van der Waals surface area (Å²) in [7, 11) is 0. The molecule has 0 saturated heterocycles. The second-order valence-electron chi connectivity index (χ2n) is 7.80. The standard InChI is InChI=1S/C23H21Cl2N3O3/c1-14-8-10-31-19(14)22(30)28-16-11-23(12-16,15-5-3-2-4-6-15)13-27-21(29)17-7-9-26-20(25)18(17)24/h2-10,16H,11-13H2,1H3,(H,27,29)(H,28,30). The Bertz CT molecular complexity index is 1110. The third-order valence-corrected chi connectivity index (χ3v) is 6.51. The fourth-order valence-electron chi connectivity index (χ4n) is 4.05. The molecule has 1 aliphatic rings. The summed E-state index contributed by atoms with van der Waals surface area (Å²) in [6.07, 6.45) is 4.33. The summed E-state index contributed by atoms with van der Waals surface area (Å²) in [6, 6.07) is 13.2. The summed E-state index contributed by atoms with van der Waals surface area (Å²) in [5.74, 6) is -0.213. The van der Waals surface area contributed by atoms with Gasteiger partial charge >= 0.3 is 0 Å². The van der Waals surface area contributed by atoms with Crippen molar-refractivity contribution in [3.63, 3.8) is 0 Å². The van der Waals surface area contributed by atoms with E-state index in [0.717, 1.165) is 11.1 Å². The number of furan rings is 1. The average molecular weight is 458 g/mol. The van der Waals surface area contributed by atoms with Gasteiger partial charge in [-0.3, -0.25) is 9.59 Å². The Morgan fingerprint density at radius 1 is 1.13 bits per heavy atom. The summed E-state index contributed by atoms with van der Waals surface area (Å²) in [5, 5.41) is 6.22. The largest absolute Gasteiger partial charge is 0.459 e. The number of aryl methyl sites for hydroxylation is 1. The molecule has 3 aromatic rings. The Hall–Kier alpha value is -2.83. The number of nitrogens with one attached hydrogen (secondary N) is 2. The summed E-state index contributed by atoms with van der Waals surface area (Å²) in [5.41, 5.74) is 1.89. The summed E-state index contributed by atoms with van der Waals surface area (Å²) in [4.78, 5) is 29.1. The highest BCUT2D eigenvalue weighted by atomic mass is 35.5. The molecular weight excluding hydrogens is 437 g/mol. The van der Waals surface area contributed by atoms with Crippen LogP contribution in [-0.4, -0.2) is 29.4 Å². The third kappa shape index (κ3) is 4.31. The van der Waals surface area contributed by atoms with E-state index in [9.17, 15) is 9.59 Å². The number of benzene rings is 1. The van der Waals surface area contributed by atoms with Crippen LogP contribution in [0.4, 0.5) is 0 Å². The van der Waals surface area contributed by atoms with Gasteiger partial charge in [-0.15, -0.1) is 0 Å². The third-order valence-electron chi connectivity index (χ3n) is 5.74. The van der Waals surface area contributed by atoms with Crippen LogP contribution >= 0.6 is 23.2 Å². The van der Waals surface area contributed by atoms with Gasteiger partial charge in [0.2, 0.25) is 0 Å². The first-order chi connectivity index (χ1) is 14.9. The van der Waals surface area contributed by atoms with Crippen LogP contribution in [0.15, 0.2) is 59.3 Å². The number of nitrogens with zero attached hydrogens (tertiary/aromatic N) is 1. The van der Waals surface area contributed by atoms with Gasteiger partial charge in [-0.25, -0.2) is 4.98 Å². The number of pyridine rings is 1. The van der Waals surface area contributed by atoms with Gasteiger partial charge < -0.3 is 15.1 Å². The molecule has 0 spiro atoms. The van der Waals surface area contributed by atoms with Crippen molar-refractivity contribution in [1.29, 1.82) is 0 Å². The molecule has 2 N–H and O–H groups in total. The summed E-state index contributed by atoms with van der Waals surface area (Å²) >= 11 is 12.1. The van der Waals surface area contributed by atoms with Crippen LogP contribution in [0.5, 0.6) is 0 Å². The Balaban J connectivity index is 1.46. The van der Waals surface area contributed by atoms with E-state index in [1.165, 1.54) is 18.5 Å². The van der Waals surface area contributed by atoms with Crippen molar-refractivity contribution in [2.24, 2.45) is 0 Å². The van der Waals surface area contributed by atoms with Gasteiger partial charge in [-0.1, -0.05) is 53.5 Å². The molecule has 6 nitrogen and oxygen atoms in total. The molecular formula is C23H21Cl2N3O3. The zero-order valence-corrected chi connectivity index (χ0v) is 18.3. The lowest BCUT2D eigenvalue weighted by atomic mass is 9.61. The van der Waals surface area contributed by atoms with Crippen LogP contribution in [-0.2, 0) is 5.41 Å². The maximum atomic E-state index is 12.7. The van der Waals surface area contributed by atoms with Crippen molar-refractivity contribution < 1.29 is 14.0 Å². The van der Waals surface area contributed by atoms with E-state index in [2.05, 4.69) is 15.6 Å². The first kappa shape index (κ1) is 21.4. The molecule has 1 aliphatic carbocycles. The lowest BCUT2D eigenvalue weighted by Gasteiger charge is -2.48. The number of halogens is 2. The van der Waals surface area contributed by atoms with E-state index >= 15 is 0 Å². The number of hydrogen-bond acceptors (Lipinski definition) is 4. The smallest absolute Gasteiger partial charge is 0.287 e. The Labute approximate surface area is 190 Å². The molecule has 0 bridgehead atoms. The van der Waals surface area contributed by atoms with Crippen LogP contribution in [0, 0.1) is 6.92 Å². The zero-order chi connectivity index (χ0) is 22.0. The minimum Gasteiger partial charge on any atom is -0.459 e. The van der Waals surface area contributed by atoms with Crippen molar-refractivity contribution >= 4 is 35.0 Å². The lowest BCUT2D eigenvalue weighted by Crippen LogP contribution is -2.57. The van der Waals surface area contributed by atoms with E-state index in [4.69, 9.17) is 27.6 Å². The molecule has 1 fully saturated rings. The molecule has 4 rings (SSSR count). The number of carbonyl (C=O) groups excluding carboxylic acids is 2. The van der Waals surface area contributed by atoms with E-state index in [0.29, 0.717) is 25.1 Å². The van der Waals surface area contributed by atoms with Gasteiger partial charge in [-0.2, -0.15) is 0 Å². The topological polar surface area (TPSA) is 84.2 Å². The predicted octanol–water partition coefficient (Wildman–Crippen LogP) is 4.55. The first-order valence-corrected chi connectivity index (χ1v) is 10.6. The van der Waals surface area contributed by atoms with Crippen LogP contribution in [0.3, 0.4) is 0 Å². The number of carbonyl (C=O) groups is 2. The van der Waals surface area contributed by atoms with Crippen molar-refractivity contribution in [1.82, 2.24) is 15.6 Å². The molecule has 0 unspecified atom stereocenters. The fraction of sp³-hybridized carbons (Fsp3) is 0.261. The Kier molecular flexibility index (Phi) is 6.03. The SMILES string of the molecule is Cc1ccoc1C(=O)NC1CC(CNC(=O)c2ccnc(Cl)c2Cl)(c2ccccc2)C1. The monoisotopic (exact) mass is 457 g/mol.